The summed E-state index contributed by atoms with van der Waals surface area (Å²) in [6.45, 7) is 5.96. The lowest BCUT2D eigenvalue weighted by Gasteiger charge is -2.18. The number of hydrogen-bond donors (Lipinski definition) is 2. The number of amides is 1. The second-order valence-electron chi connectivity index (χ2n) is 8.47. The summed E-state index contributed by atoms with van der Waals surface area (Å²) < 4.78 is 5.27. The van der Waals surface area contributed by atoms with Crippen molar-refractivity contribution in [2.24, 2.45) is 0 Å². The third-order valence-electron chi connectivity index (χ3n) is 5.73. The molecule has 0 saturated carbocycles. The van der Waals surface area contributed by atoms with Crippen molar-refractivity contribution in [3.63, 3.8) is 0 Å². The Morgan fingerprint density at radius 1 is 0.897 bits per heavy atom. The lowest BCUT2D eigenvalue weighted by Crippen LogP contribution is -2.41. The number of para-hydroxylation sites is 1. The zero-order valence-electron chi connectivity index (χ0n) is 22.2. The molecule has 8 heteroatoms. The highest BCUT2D eigenvalue weighted by Crippen LogP contribution is 2.19. The zero-order chi connectivity index (χ0) is 28.2. The number of hydrogen-bond acceptors (Lipinski definition) is 6. The number of pyridine rings is 1. The van der Waals surface area contributed by atoms with Gasteiger partial charge in [-0.15, -0.1) is 0 Å². The average Bonchev–Trinajstić information content (AvgIpc) is 2.96. The number of aryl methyl sites for hydroxylation is 1. The van der Waals surface area contributed by atoms with E-state index in [1.54, 1.807) is 48.5 Å². The number of ether oxygens (including phenoxy) is 1. The maximum atomic E-state index is 13.2. The first kappa shape index (κ1) is 29.4. The van der Waals surface area contributed by atoms with E-state index in [-0.39, 0.29) is 35.4 Å². The van der Waals surface area contributed by atoms with Gasteiger partial charge in [0.15, 0.2) is 0 Å². The number of aromatic nitrogens is 1. The van der Waals surface area contributed by atoms with E-state index in [0.29, 0.717) is 22.2 Å². The summed E-state index contributed by atoms with van der Waals surface area (Å²) in [7, 11) is 0. The van der Waals surface area contributed by atoms with Gasteiger partial charge in [-0.25, -0.2) is 4.79 Å². The molecule has 0 saturated heterocycles. The molecular weight excluding hydrogens is 512 g/mol. The van der Waals surface area contributed by atoms with Gasteiger partial charge in [0, 0.05) is 34.7 Å². The molecule has 1 amide bonds. The van der Waals surface area contributed by atoms with Crippen molar-refractivity contribution >= 4 is 39.7 Å². The third kappa shape index (κ3) is 8.41. The number of rotatable bonds is 9. The molecule has 0 fully saturated rings. The molecule has 3 aromatic carbocycles. The molecule has 0 spiro atoms. The molecule has 202 valence electrons. The van der Waals surface area contributed by atoms with E-state index in [4.69, 9.17) is 4.74 Å². The normalized spacial score (nSPS) is 11.2. The minimum absolute atomic E-state index is 0.0384. The quantitative estimate of drug-likeness (QED) is 0.218. The van der Waals surface area contributed by atoms with Crippen molar-refractivity contribution in [3.8, 4) is 0 Å². The lowest BCUT2D eigenvalue weighted by atomic mass is 10.0. The lowest BCUT2D eigenvalue weighted by molar-refractivity contribution is -0.112. The molecule has 1 atom stereocenters. The summed E-state index contributed by atoms with van der Waals surface area (Å²) in [6, 6.07) is 23.5. The number of aromatic amines is 1. The monoisotopic (exact) mass is 544 g/mol. The number of nitrogens with one attached hydrogen (secondary N) is 2. The number of esters is 1. The fourth-order valence-corrected chi connectivity index (χ4v) is 4.55. The highest BCUT2D eigenvalue weighted by Gasteiger charge is 2.24. The summed E-state index contributed by atoms with van der Waals surface area (Å²) in [6.07, 6.45) is 0.137. The van der Waals surface area contributed by atoms with Crippen LogP contribution in [0.4, 0.5) is 0 Å². The Bertz CT molecular complexity index is 1470. The van der Waals surface area contributed by atoms with Gasteiger partial charge in [0.05, 0.1) is 5.56 Å². The second-order valence-corrected chi connectivity index (χ2v) is 9.57. The maximum Gasteiger partial charge on any atom is 0.338 e. The third-order valence-corrected chi connectivity index (χ3v) is 6.67. The van der Waals surface area contributed by atoms with Crippen molar-refractivity contribution in [1.82, 2.24) is 10.3 Å². The van der Waals surface area contributed by atoms with Gasteiger partial charge >= 0.3 is 5.97 Å². The van der Waals surface area contributed by atoms with Crippen LogP contribution in [-0.2, 0) is 16.0 Å². The number of thioether (sulfide) groups is 1. The molecule has 39 heavy (non-hydrogen) atoms. The molecule has 0 bridgehead atoms. The molecule has 1 unspecified atom stereocenters. The van der Waals surface area contributed by atoms with E-state index in [1.807, 2.05) is 51.1 Å². The Balaban J connectivity index is 0.00000205. The molecule has 0 radical (unpaired) electrons. The van der Waals surface area contributed by atoms with Crippen LogP contribution in [0.15, 0.2) is 89.7 Å². The predicted molar refractivity (Wildman–Crippen MR) is 156 cm³/mol. The van der Waals surface area contributed by atoms with Crippen LogP contribution in [-0.4, -0.2) is 40.4 Å². The van der Waals surface area contributed by atoms with Crippen LogP contribution < -0.4 is 10.9 Å². The molecule has 0 aliphatic rings. The molecule has 2 N–H and O–H groups in total. The van der Waals surface area contributed by atoms with E-state index >= 15 is 0 Å². The Labute approximate surface area is 232 Å². The summed E-state index contributed by atoms with van der Waals surface area (Å²) in [5, 5.41) is 3.34. The fourth-order valence-electron chi connectivity index (χ4n) is 3.84. The number of fused-ring (bicyclic) bond motifs is 1. The Hall–Kier alpha value is -4.17. The van der Waals surface area contributed by atoms with Gasteiger partial charge < -0.3 is 15.0 Å². The number of benzene rings is 3. The first-order valence-corrected chi connectivity index (χ1v) is 13.8. The van der Waals surface area contributed by atoms with Gasteiger partial charge in [0.2, 0.25) is 10.7 Å². The van der Waals surface area contributed by atoms with Crippen LogP contribution in [0.5, 0.6) is 0 Å². The van der Waals surface area contributed by atoms with Crippen LogP contribution in [0, 0.1) is 6.92 Å². The highest BCUT2D eigenvalue weighted by molar-refractivity contribution is 8.13. The molecule has 4 rings (SSSR count). The average molecular weight is 545 g/mol. The topological polar surface area (TPSA) is 105 Å². The SMILES string of the molecule is CC.Cc1ccc(C(=O)NC(Cc2cc(=O)[nH]c3ccccc23)C(=O)SCCOC(=O)c2ccccc2)cc1. The van der Waals surface area contributed by atoms with E-state index < -0.39 is 12.0 Å². The van der Waals surface area contributed by atoms with E-state index in [0.717, 1.165) is 22.7 Å². The first-order chi connectivity index (χ1) is 18.9. The number of carbonyl (C=O) groups excluding carboxylic acids is 3. The van der Waals surface area contributed by atoms with Crippen LogP contribution in [0.25, 0.3) is 10.9 Å². The molecule has 1 aromatic heterocycles. The van der Waals surface area contributed by atoms with E-state index in [2.05, 4.69) is 10.3 Å². The highest BCUT2D eigenvalue weighted by atomic mass is 32.2. The Morgan fingerprint density at radius 3 is 2.28 bits per heavy atom. The molecule has 7 nitrogen and oxygen atoms in total. The standard InChI is InChI=1S/C29H26N2O5S.C2H6/c1-19-11-13-20(14-12-19)27(33)31-25(17-22-18-26(32)30-24-10-6-5-9-23(22)24)29(35)37-16-15-36-28(34)21-7-3-2-4-8-21;1-2/h2-14,18,25H,15-17H2,1H3,(H,30,32)(H,31,33);1-2H3. The summed E-state index contributed by atoms with van der Waals surface area (Å²) in [5.74, 6) is -0.624. The summed E-state index contributed by atoms with van der Waals surface area (Å²) >= 11 is 0.973. The van der Waals surface area contributed by atoms with Crippen molar-refractivity contribution in [1.29, 1.82) is 0 Å². The minimum Gasteiger partial charge on any atom is -0.461 e. The fraction of sp³-hybridized carbons (Fsp3) is 0.226. The van der Waals surface area contributed by atoms with Gasteiger partial charge in [0.25, 0.3) is 5.91 Å². The van der Waals surface area contributed by atoms with E-state index in [1.165, 1.54) is 6.07 Å². The second kappa shape index (κ2) is 14.7. The predicted octanol–water partition coefficient (Wildman–Crippen LogP) is 5.32. The molecule has 4 aromatic rings. The molecule has 0 aliphatic carbocycles. The van der Waals surface area contributed by atoms with Crippen LogP contribution >= 0.6 is 11.8 Å². The van der Waals surface area contributed by atoms with E-state index in [9.17, 15) is 19.2 Å². The van der Waals surface area contributed by atoms with Gasteiger partial charge in [-0.3, -0.25) is 14.4 Å². The zero-order valence-corrected chi connectivity index (χ0v) is 23.0. The van der Waals surface area contributed by atoms with Crippen molar-refractivity contribution < 1.29 is 19.1 Å². The molecule has 0 aliphatic heterocycles. The van der Waals surface area contributed by atoms with Gasteiger partial charge in [-0.1, -0.05) is 79.7 Å². The maximum absolute atomic E-state index is 13.2. The first-order valence-electron chi connectivity index (χ1n) is 12.8. The van der Waals surface area contributed by atoms with Gasteiger partial charge in [0.1, 0.15) is 12.6 Å². The van der Waals surface area contributed by atoms with Crippen LogP contribution in [0.1, 0.15) is 45.7 Å². The smallest absolute Gasteiger partial charge is 0.338 e. The summed E-state index contributed by atoms with van der Waals surface area (Å²) in [4.78, 5) is 53.4. The Morgan fingerprint density at radius 2 is 1.56 bits per heavy atom. The van der Waals surface area contributed by atoms with Crippen molar-refractivity contribution in [3.05, 3.63) is 118 Å². The molecular formula is C31H32N2O5S. The minimum atomic E-state index is -0.895. The van der Waals surface area contributed by atoms with Gasteiger partial charge in [-0.05, 0) is 42.8 Å². The van der Waals surface area contributed by atoms with Crippen LogP contribution in [0.3, 0.4) is 0 Å². The van der Waals surface area contributed by atoms with Crippen molar-refractivity contribution in [2.75, 3.05) is 12.4 Å². The largest absolute Gasteiger partial charge is 0.461 e. The summed E-state index contributed by atoms with van der Waals surface area (Å²) in [5.41, 5.74) is 2.90. The number of carbonyl (C=O) groups is 3. The Kier molecular flexibility index (Phi) is 11.1. The molecule has 1 heterocycles. The number of H-pyrrole nitrogens is 1. The van der Waals surface area contributed by atoms with Gasteiger partial charge in [-0.2, -0.15) is 0 Å². The van der Waals surface area contributed by atoms with Crippen molar-refractivity contribution in [2.45, 2.75) is 33.2 Å². The van der Waals surface area contributed by atoms with Crippen LogP contribution in [0.2, 0.25) is 0 Å².